The Bertz CT molecular complexity index is 281. The molecule has 1 fully saturated rings. The lowest BCUT2D eigenvalue weighted by molar-refractivity contribution is -0.143. The first-order chi connectivity index (χ1) is 5.86. The second-order valence-corrected chi connectivity index (χ2v) is 2.54. The second kappa shape index (κ2) is 2.95. The summed E-state index contributed by atoms with van der Waals surface area (Å²) in [5, 5.41) is 0. The Labute approximate surface area is 69.9 Å². The van der Waals surface area contributed by atoms with Gasteiger partial charge in [0.25, 0.3) is 0 Å². The SMILES string of the molecule is O=C1COC(c2ccccc2)O1. The lowest BCUT2D eigenvalue weighted by Gasteiger charge is -2.06. The maximum atomic E-state index is 10.7. The molecule has 62 valence electrons. The van der Waals surface area contributed by atoms with Gasteiger partial charge in [-0.15, -0.1) is 0 Å². The molecule has 12 heavy (non-hydrogen) atoms. The van der Waals surface area contributed by atoms with Gasteiger partial charge in [-0.1, -0.05) is 30.3 Å². The molecule has 2 rings (SSSR count). The van der Waals surface area contributed by atoms with Crippen molar-refractivity contribution in [3.8, 4) is 0 Å². The van der Waals surface area contributed by atoms with E-state index in [4.69, 9.17) is 9.47 Å². The number of carbonyl (C=O) groups excluding carboxylic acids is 1. The summed E-state index contributed by atoms with van der Waals surface area (Å²) in [4.78, 5) is 10.7. The molecule has 1 aliphatic heterocycles. The van der Waals surface area contributed by atoms with Crippen molar-refractivity contribution in [2.24, 2.45) is 0 Å². The van der Waals surface area contributed by atoms with E-state index in [1.165, 1.54) is 0 Å². The van der Waals surface area contributed by atoms with Crippen LogP contribution in [-0.4, -0.2) is 12.6 Å². The third-order valence-electron chi connectivity index (χ3n) is 1.66. The maximum Gasteiger partial charge on any atom is 0.334 e. The number of carbonyl (C=O) groups is 1. The molecule has 1 saturated heterocycles. The van der Waals surface area contributed by atoms with Crippen LogP contribution in [0.1, 0.15) is 11.9 Å². The molecule has 1 aliphatic rings. The van der Waals surface area contributed by atoms with Gasteiger partial charge in [0.1, 0.15) is 6.61 Å². The fraction of sp³-hybridized carbons (Fsp3) is 0.222. The van der Waals surface area contributed by atoms with Crippen LogP contribution in [0.4, 0.5) is 0 Å². The van der Waals surface area contributed by atoms with Gasteiger partial charge in [-0.05, 0) is 0 Å². The van der Waals surface area contributed by atoms with Crippen LogP contribution in [0.3, 0.4) is 0 Å². The highest BCUT2D eigenvalue weighted by Gasteiger charge is 2.24. The van der Waals surface area contributed by atoms with E-state index in [-0.39, 0.29) is 12.6 Å². The van der Waals surface area contributed by atoms with Gasteiger partial charge in [-0.3, -0.25) is 0 Å². The predicted molar refractivity (Wildman–Crippen MR) is 41.2 cm³/mol. The molecule has 1 atom stereocenters. The van der Waals surface area contributed by atoms with Crippen LogP contribution in [0.2, 0.25) is 0 Å². The Morgan fingerprint density at radius 1 is 1.25 bits per heavy atom. The second-order valence-electron chi connectivity index (χ2n) is 2.54. The van der Waals surface area contributed by atoms with Gasteiger partial charge in [0.15, 0.2) is 0 Å². The van der Waals surface area contributed by atoms with Crippen molar-refractivity contribution < 1.29 is 14.3 Å². The Hall–Kier alpha value is -1.35. The van der Waals surface area contributed by atoms with Gasteiger partial charge in [0.2, 0.25) is 6.29 Å². The zero-order valence-corrected chi connectivity index (χ0v) is 6.40. The summed E-state index contributed by atoms with van der Waals surface area (Å²) < 4.78 is 9.97. The predicted octanol–water partition coefficient (Wildman–Crippen LogP) is 1.26. The van der Waals surface area contributed by atoms with Crippen LogP contribution >= 0.6 is 0 Å². The molecule has 3 nitrogen and oxygen atoms in total. The highest BCUT2D eigenvalue weighted by atomic mass is 16.7. The number of rotatable bonds is 1. The molecule has 3 heteroatoms. The minimum absolute atomic E-state index is 0.0551. The van der Waals surface area contributed by atoms with E-state index in [0.29, 0.717) is 0 Å². The minimum Gasteiger partial charge on any atom is -0.430 e. The molecule has 0 N–H and O–H groups in total. The Morgan fingerprint density at radius 3 is 2.58 bits per heavy atom. The standard InChI is InChI=1S/C9H8O3/c10-8-6-11-9(12-8)7-4-2-1-3-5-7/h1-5,9H,6H2. The quantitative estimate of drug-likeness (QED) is 0.586. The highest BCUT2D eigenvalue weighted by molar-refractivity contribution is 5.72. The summed E-state index contributed by atoms with van der Waals surface area (Å²) in [6, 6.07) is 9.39. The van der Waals surface area contributed by atoms with Crippen LogP contribution < -0.4 is 0 Å². The molecule has 0 aliphatic carbocycles. The van der Waals surface area contributed by atoms with Crippen molar-refractivity contribution >= 4 is 5.97 Å². The van der Waals surface area contributed by atoms with Crippen LogP contribution in [0, 0.1) is 0 Å². The van der Waals surface area contributed by atoms with E-state index in [2.05, 4.69) is 0 Å². The molecule has 1 aromatic rings. The first kappa shape index (κ1) is 7.31. The fourth-order valence-corrected chi connectivity index (χ4v) is 1.11. The van der Waals surface area contributed by atoms with Gasteiger partial charge in [0.05, 0.1) is 0 Å². The summed E-state index contributed by atoms with van der Waals surface area (Å²) in [6.07, 6.45) is -0.501. The molecular formula is C9H8O3. The lowest BCUT2D eigenvalue weighted by Crippen LogP contribution is -1.98. The molecule has 0 bridgehead atoms. The summed E-state index contributed by atoms with van der Waals surface area (Å²) in [5.41, 5.74) is 0.878. The summed E-state index contributed by atoms with van der Waals surface area (Å²) in [5.74, 6) is -0.302. The Morgan fingerprint density at radius 2 is 2.00 bits per heavy atom. The number of esters is 1. The van der Waals surface area contributed by atoms with Crippen LogP contribution in [0.5, 0.6) is 0 Å². The van der Waals surface area contributed by atoms with Gasteiger partial charge >= 0.3 is 5.97 Å². The number of benzene rings is 1. The minimum atomic E-state index is -0.501. The molecule has 1 aromatic carbocycles. The highest BCUT2D eigenvalue weighted by Crippen LogP contribution is 2.22. The fourth-order valence-electron chi connectivity index (χ4n) is 1.11. The maximum absolute atomic E-state index is 10.7. The topological polar surface area (TPSA) is 35.5 Å². The normalized spacial score (nSPS) is 22.3. The zero-order chi connectivity index (χ0) is 8.39. The molecule has 0 aromatic heterocycles. The van der Waals surface area contributed by atoms with Crippen molar-refractivity contribution in [2.75, 3.05) is 6.61 Å². The average Bonchev–Trinajstić information content (AvgIpc) is 2.54. The van der Waals surface area contributed by atoms with Crippen molar-refractivity contribution in [1.82, 2.24) is 0 Å². The van der Waals surface area contributed by atoms with Crippen LogP contribution in [0.15, 0.2) is 30.3 Å². The summed E-state index contributed by atoms with van der Waals surface area (Å²) in [7, 11) is 0. The largest absolute Gasteiger partial charge is 0.430 e. The molecule has 1 heterocycles. The van der Waals surface area contributed by atoms with E-state index < -0.39 is 6.29 Å². The van der Waals surface area contributed by atoms with Crippen molar-refractivity contribution in [2.45, 2.75) is 6.29 Å². The number of hydrogen-bond acceptors (Lipinski definition) is 3. The number of ether oxygens (including phenoxy) is 2. The third kappa shape index (κ3) is 1.31. The monoisotopic (exact) mass is 164 g/mol. The van der Waals surface area contributed by atoms with E-state index in [9.17, 15) is 4.79 Å². The summed E-state index contributed by atoms with van der Waals surface area (Å²) in [6.45, 7) is 0.0551. The molecule has 0 saturated carbocycles. The van der Waals surface area contributed by atoms with Crippen LogP contribution in [-0.2, 0) is 14.3 Å². The number of cyclic esters (lactones) is 1. The first-order valence-electron chi connectivity index (χ1n) is 3.72. The van der Waals surface area contributed by atoms with Gasteiger partial charge in [-0.2, -0.15) is 0 Å². The molecule has 0 radical (unpaired) electrons. The zero-order valence-electron chi connectivity index (χ0n) is 6.40. The first-order valence-corrected chi connectivity index (χ1v) is 3.72. The molecule has 1 unspecified atom stereocenters. The third-order valence-corrected chi connectivity index (χ3v) is 1.66. The molecular weight excluding hydrogens is 156 g/mol. The van der Waals surface area contributed by atoms with E-state index >= 15 is 0 Å². The lowest BCUT2D eigenvalue weighted by atomic mass is 10.2. The smallest absolute Gasteiger partial charge is 0.334 e. The molecule has 0 spiro atoms. The van der Waals surface area contributed by atoms with Crippen molar-refractivity contribution in [3.63, 3.8) is 0 Å². The van der Waals surface area contributed by atoms with Gasteiger partial charge in [-0.25, -0.2) is 4.79 Å². The summed E-state index contributed by atoms with van der Waals surface area (Å²) >= 11 is 0. The van der Waals surface area contributed by atoms with Gasteiger partial charge in [0, 0.05) is 5.56 Å². The van der Waals surface area contributed by atoms with E-state index in [1.54, 1.807) is 0 Å². The van der Waals surface area contributed by atoms with E-state index in [1.807, 2.05) is 30.3 Å². The van der Waals surface area contributed by atoms with Crippen LogP contribution in [0.25, 0.3) is 0 Å². The van der Waals surface area contributed by atoms with Crippen molar-refractivity contribution in [3.05, 3.63) is 35.9 Å². The Kier molecular flexibility index (Phi) is 1.80. The average molecular weight is 164 g/mol. The van der Waals surface area contributed by atoms with Gasteiger partial charge < -0.3 is 9.47 Å². The van der Waals surface area contributed by atoms with Crippen molar-refractivity contribution in [1.29, 1.82) is 0 Å². The van der Waals surface area contributed by atoms with E-state index in [0.717, 1.165) is 5.56 Å². The molecule has 0 amide bonds. The Balaban J connectivity index is 2.16. The number of hydrogen-bond donors (Lipinski definition) is 0.